The molecule has 3 nitrogen and oxygen atoms in total. The Bertz CT molecular complexity index is 676. The molecule has 0 aliphatic heterocycles. The van der Waals surface area contributed by atoms with Crippen molar-refractivity contribution in [3.63, 3.8) is 0 Å². The Balaban J connectivity index is 2.24. The van der Waals surface area contributed by atoms with Gasteiger partial charge < -0.3 is 5.11 Å². The lowest BCUT2D eigenvalue weighted by atomic mass is 10.1. The molecule has 6 heteroatoms. The highest BCUT2D eigenvalue weighted by Gasteiger charge is 2.29. The summed E-state index contributed by atoms with van der Waals surface area (Å²) in [6.45, 7) is 0. The molecular formula is C15H10F3NO2. The van der Waals surface area contributed by atoms with E-state index in [0.29, 0.717) is 11.3 Å². The number of nitrogens with zero attached hydrogens (tertiary/aromatic N) is 1. The second-order valence-corrected chi connectivity index (χ2v) is 4.20. The van der Waals surface area contributed by atoms with Crippen LogP contribution < -0.4 is 0 Å². The summed E-state index contributed by atoms with van der Waals surface area (Å²) in [5, 5.41) is 9.00. The van der Waals surface area contributed by atoms with Crippen molar-refractivity contribution in [2.75, 3.05) is 0 Å². The Kier molecular flexibility index (Phi) is 4.07. The van der Waals surface area contributed by atoms with E-state index in [-0.39, 0.29) is 5.56 Å². The van der Waals surface area contributed by atoms with Crippen LogP contribution in [0.5, 0.6) is 0 Å². The highest BCUT2D eigenvalue weighted by molar-refractivity contribution is 5.98. The quantitative estimate of drug-likeness (QED) is 0.864. The van der Waals surface area contributed by atoms with E-state index in [9.17, 15) is 18.0 Å². The topological polar surface area (TPSA) is 49.7 Å². The van der Waals surface area contributed by atoms with Crippen molar-refractivity contribution in [2.24, 2.45) is 4.99 Å². The lowest BCUT2D eigenvalue weighted by Gasteiger charge is -2.05. The van der Waals surface area contributed by atoms with Crippen LogP contribution in [-0.2, 0) is 6.18 Å². The molecule has 2 rings (SSSR count). The number of carbonyl (C=O) groups is 1. The van der Waals surface area contributed by atoms with Gasteiger partial charge in [0, 0.05) is 11.8 Å². The summed E-state index contributed by atoms with van der Waals surface area (Å²) in [5.74, 6) is -1.09. The molecule has 0 amide bonds. The molecule has 0 bridgehead atoms. The fraction of sp³-hybridized carbons (Fsp3) is 0.0667. The monoisotopic (exact) mass is 293 g/mol. The largest absolute Gasteiger partial charge is 0.478 e. The number of hydrogen-bond acceptors (Lipinski definition) is 2. The van der Waals surface area contributed by atoms with Gasteiger partial charge in [0.1, 0.15) is 0 Å². The number of aliphatic imine (C=N–C) groups is 1. The van der Waals surface area contributed by atoms with Crippen LogP contribution in [0.1, 0.15) is 21.5 Å². The molecule has 2 aromatic rings. The van der Waals surface area contributed by atoms with E-state index in [0.717, 1.165) is 12.1 Å². The van der Waals surface area contributed by atoms with Crippen molar-refractivity contribution in [2.45, 2.75) is 6.18 Å². The van der Waals surface area contributed by atoms with Gasteiger partial charge >= 0.3 is 12.1 Å². The average Bonchev–Trinajstić information content (AvgIpc) is 2.45. The molecule has 0 saturated heterocycles. The highest BCUT2D eigenvalue weighted by Crippen LogP contribution is 2.30. The van der Waals surface area contributed by atoms with E-state index < -0.39 is 17.7 Å². The van der Waals surface area contributed by atoms with E-state index >= 15 is 0 Å². The Morgan fingerprint density at radius 3 is 2.24 bits per heavy atom. The second-order valence-electron chi connectivity index (χ2n) is 4.20. The van der Waals surface area contributed by atoms with E-state index in [1.807, 2.05) is 0 Å². The van der Waals surface area contributed by atoms with Gasteiger partial charge in [0.15, 0.2) is 0 Å². The van der Waals surface area contributed by atoms with Gasteiger partial charge in [-0.25, -0.2) is 4.79 Å². The van der Waals surface area contributed by atoms with Crippen LogP contribution in [0.25, 0.3) is 0 Å². The summed E-state index contributed by atoms with van der Waals surface area (Å²) in [6, 6.07) is 10.5. The van der Waals surface area contributed by atoms with Crippen LogP contribution in [0, 0.1) is 0 Å². The van der Waals surface area contributed by atoms with Crippen molar-refractivity contribution in [1.29, 1.82) is 0 Å². The minimum Gasteiger partial charge on any atom is -0.478 e. The molecule has 0 atom stereocenters. The van der Waals surface area contributed by atoms with Crippen LogP contribution >= 0.6 is 0 Å². The van der Waals surface area contributed by atoms with Crippen molar-refractivity contribution in [1.82, 2.24) is 0 Å². The SMILES string of the molecule is O=C(O)c1ccccc1/C=N\c1ccc(C(F)(F)F)cc1. The number of benzene rings is 2. The summed E-state index contributed by atoms with van der Waals surface area (Å²) in [6.07, 6.45) is -3.08. The molecule has 0 radical (unpaired) electrons. The summed E-state index contributed by atoms with van der Waals surface area (Å²) in [4.78, 5) is 15.0. The molecular weight excluding hydrogens is 283 g/mol. The van der Waals surface area contributed by atoms with Crippen LogP contribution in [-0.4, -0.2) is 17.3 Å². The Morgan fingerprint density at radius 2 is 1.67 bits per heavy atom. The third-order valence-corrected chi connectivity index (χ3v) is 2.74. The standard InChI is InChI=1S/C15H10F3NO2/c16-15(17,18)11-5-7-12(8-6-11)19-9-10-3-1-2-4-13(10)14(20)21/h1-9H,(H,20,21)/b19-9-. The maximum absolute atomic E-state index is 12.4. The first kappa shape index (κ1) is 14.8. The zero-order valence-corrected chi connectivity index (χ0v) is 10.6. The Labute approximate surface area is 118 Å². The van der Waals surface area contributed by atoms with E-state index in [2.05, 4.69) is 4.99 Å². The van der Waals surface area contributed by atoms with Crippen LogP contribution in [0.3, 0.4) is 0 Å². The molecule has 0 spiro atoms. The van der Waals surface area contributed by atoms with Crippen LogP contribution in [0.4, 0.5) is 18.9 Å². The molecule has 0 aromatic heterocycles. The van der Waals surface area contributed by atoms with E-state index in [1.54, 1.807) is 18.2 Å². The fourth-order valence-electron chi connectivity index (χ4n) is 1.68. The number of carboxylic acids is 1. The molecule has 0 fully saturated rings. The predicted molar refractivity (Wildman–Crippen MR) is 72.1 cm³/mol. The Morgan fingerprint density at radius 1 is 1.05 bits per heavy atom. The van der Waals surface area contributed by atoms with Crippen LogP contribution in [0.2, 0.25) is 0 Å². The van der Waals surface area contributed by atoms with E-state index in [4.69, 9.17) is 5.11 Å². The number of halogens is 3. The van der Waals surface area contributed by atoms with Crippen molar-refractivity contribution >= 4 is 17.9 Å². The minimum atomic E-state index is -4.39. The first-order valence-corrected chi connectivity index (χ1v) is 5.91. The maximum Gasteiger partial charge on any atom is 0.416 e. The Hall–Kier alpha value is -2.63. The van der Waals surface area contributed by atoms with Gasteiger partial charge in [-0.15, -0.1) is 0 Å². The predicted octanol–water partition coefficient (Wildman–Crippen LogP) is 4.15. The van der Waals surface area contributed by atoms with Gasteiger partial charge in [-0.05, 0) is 30.3 Å². The number of aromatic carboxylic acids is 1. The average molecular weight is 293 g/mol. The summed E-state index contributed by atoms with van der Waals surface area (Å²) in [7, 11) is 0. The molecule has 2 aromatic carbocycles. The van der Waals surface area contributed by atoms with Gasteiger partial charge in [-0.3, -0.25) is 4.99 Å². The normalized spacial score (nSPS) is 11.8. The zero-order valence-electron chi connectivity index (χ0n) is 10.6. The molecule has 0 unspecified atom stereocenters. The smallest absolute Gasteiger partial charge is 0.416 e. The van der Waals surface area contributed by atoms with Crippen LogP contribution in [0.15, 0.2) is 53.5 Å². The van der Waals surface area contributed by atoms with Gasteiger partial charge in [0.2, 0.25) is 0 Å². The summed E-state index contributed by atoms with van der Waals surface area (Å²) in [5.41, 5.74) is 0.00800. The number of alkyl halides is 3. The third kappa shape index (κ3) is 3.68. The van der Waals surface area contributed by atoms with Gasteiger partial charge in [-0.2, -0.15) is 13.2 Å². The first-order chi connectivity index (χ1) is 9.88. The number of carboxylic acid groups (broad SMARTS) is 1. The van der Waals surface area contributed by atoms with Gasteiger partial charge in [-0.1, -0.05) is 18.2 Å². The molecule has 0 aliphatic carbocycles. The fourth-order valence-corrected chi connectivity index (χ4v) is 1.68. The van der Waals surface area contributed by atoms with Crippen molar-refractivity contribution < 1.29 is 23.1 Å². The minimum absolute atomic E-state index is 0.0770. The van der Waals surface area contributed by atoms with Gasteiger partial charge in [0.05, 0.1) is 16.8 Å². The lowest BCUT2D eigenvalue weighted by molar-refractivity contribution is -0.137. The third-order valence-electron chi connectivity index (χ3n) is 2.74. The van der Waals surface area contributed by atoms with Crippen molar-refractivity contribution in [3.05, 3.63) is 65.2 Å². The first-order valence-electron chi connectivity index (χ1n) is 5.91. The van der Waals surface area contributed by atoms with Crippen molar-refractivity contribution in [3.8, 4) is 0 Å². The molecule has 1 N–H and O–H groups in total. The highest BCUT2D eigenvalue weighted by atomic mass is 19.4. The maximum atomic E-state index is 12.4. The summed E-state index contributed by atoms with van der Waals surface area (Å²) >= 11 is 0. The molecule has 0 saturated carbocycles. The molecule has 0 aliphatic rings. The second kappa shape index (κ2) is 5.78. The van der Waals surface area contributed by atoms with Gasteiger partial charge in [0.25, 0.3) is 0 Å². The summed E-state index contributed by atoms with van der Waals surface area (Å²) < 4.78 is 37.2. The lowest BCUT2D eigenvalue weighted by Crippen LogP contribution is -2.03. The van der Waals surface area contributed by atoms with E-state index in [1.165, 1.54) is 24.4 Å². The number of hydrogen-bond donors (Lipinski definition) is 1. The molecule has 21 heavy (non-hydrogen) atoms. The molecule has 108 valence electrons. The molecule has 0 heterocycles. The zero-order chi connectivity index (χ0) is 15.5. The number of rotatable bonds is 3.